The second kappa shape index (κ2) is 6.02. The molecule has 1 saturated heterocycles. The number of aryl methyl sites for hydroxylation is 1. The smallest absolute Gasteiger partial charge is 0.219 e. The summed E-state index contributed by atoms with van der Waals surface area (Å²) in [7, 11) is 0. The number of amides is 1. The fourth-order valence-corrected chi connectivity index (χ4v) is 2.37. The van der Waals surface area contributed by atoms with Gasteiger partial charge < -0.3 is 15.3 Å². The second-order valence-electron chi connectivity index (χ2n) is 5.08. The van der Waals surface area contributed by atoms with Gasteiger partial charge in [0.15, 0.2) is 0 Å². The van der Waals surface area contributed by atoms with E-state index in [0.717, 1.165) is 31.6 Å². The Balaban J connectivity index is 1.83. The lowest BCUT2D eigenvalue weighted by atomic mass is 10.0. The Morgan fingerprint density at radius 3 is 2.79 bits per heavy atom. The molecule has 0 radical (unpaired) electrons. The molecule has 2 rings (SSSR count). The predicted octanol–water partition coefficient (Wildman–Crippen LogP) is 1.20. The number of rotatable bonds is 3. The van der Waals surface area contributed by atoms with Crippen molar-refractivity contribution in [1.29, 1.82) is 0 Å². The van der Waals surface area contributed by atoms with Gasteiger partial charge in [0.2, 0.25) is 5.91 Å². The molecule has 2 heterocycles. The van der Waals surface area contributed by atoms with Crippen LogP contribution in [-0.4, -0.2) is 40.0 Å². The average Bonchev–Trinajstić information content (AvgIpc) is 2.40. The van der Waals surface area contributed by atoms with Crippen LogP contribution in [0, 0.1) is 6.92 Å². The van der Waals surface area contributed by atoms with Gasteiger partial charge in [-0.1, -0.05) is 0 Å². The molecule has 1 aliphatic rings. The molecule has 0 bridgehead atoms. The van der Waals surface area contributed by atoms with Crippen molar-refractivity contribution >= 4 is 5.91 Å². The molecule has 1 aromatic rings. The number of aromatic nitrogens is 1. The number of hydrogen-bond donors (Lipinski definition) is 2. The van der Waals surface area contributed by atoms with Gasteiger partial charge in [0, 0.05) is 38.3 Å². The SMILES string of the molecule is CC(=O)N1CCC(NCc2nc(C)ccc2O)CC1. The standard InChI is InChI=1S/C14H21N3O2/c1-10-3-4-14(19)13(16-10)9-15-12-5-7-17(8-6-12)11(2)18/h3-4,12,15,19H,5-9H2,1-2H3. The number of nitrogens with one attached hydrogen (secondary N) is 1. The van der Waals surface area contributed by atoms with Crippen molar-refractivity contribution < 1.29 is 9.90 Å². The first-order chi connectivity index (χ1) is 9.06. The molecule has 0 aliphatic carbocycles. The Labute approximate surface area is 113 Å². The van der Waals surface area contributed by atoms with Crippen molar-refractivity contribution in [1.82, 2.24) is 15.2 Å². The molecule has 0 spiro atoms. The number of hydrogen-bond acceptors (Lipinski definition) is 4. The first kappa shape index (κ1) is 13.8. The first-order valence-electron chi connectivity index (χ1n) is 6.70. The molecule has 1 aliphatic heterocycles. The third kappa shape index (κ3) is 3.67. The molecule has 2 N–H and O–H groups in total. The van der Waals surface area contributed by atoms with Crippen molar-refractivity contribution in [3.05, 3.63) is 23.5 Å². The summed E-state index contributed by atoms with van der Waals surface area (Å²) in [5, 5.41) is 13.1. The highest BCUT2D eigenvalue weighted by Gasteiger charge is 2.20. The number of likely N-dealkylation sites (tertiary alicyclic amines) is 1. The van der Waals surface area contributed by atoms with E-state index in [1.165, 1.54) is 0 Å². The van der Waals surface area contributed by atoms with Gasteiger partial charge in [0.25, 0.3) is 0 Å². The molecule has 1 aromatic heterocycles. The van der Waals surface area contributed by atoms with E-state index in [1.54, 1.807) is 19.1 Å². The lowest BCUT2D eigenvalue weighted by Gasteiger charge is -2.31. The highest BCUT2D eigenvalue weighted by molar-refractivity contribution is 5.73. The largest absolute Gasteiger partial charge is 0.506 e. The summed E-state index contributed by atoms with van der Waals surface area (Å²) in [5.74, 6) is 0.385. The fraction of sp³-hybridized carbons (Fsp3) is 0.571. The fourth-order valence-electron chi connectivity index (χ4n) is 2.37. The number of nitrogens with zero attached hydrogens (tertiary/aromatic N) is 2. The van der Waals surface area contributed by atoms with E-state index < -0.39 is 0 Å². The Morgan fingerprint density at radius 2 is 2.16 bits per heavy atom. The van der Waals surface area contributed by atoms with Crippen LogP contribution in [0.25, 0.3) is 0 Å². The predicted molar refractivity (Wildman–Crippen MR) is 72.8 cm³/mol. The van der Waals surface area contributed by atoms with Crippen LogP contribution in [0.4, 0.5) is 0 Å². The maximum atomic E-state index is 11.2. The van der Waals surface area contributed by atoms with E-state index in [0.29, 0.717) is 18.3 Å². The van der Waals surface area contributed by atoms with Gasteiger partial charge >= 0.3 is 0 Å². The first-order valence-corrected chi connectivity index (χ1v) is 6.70. The van der Waals surface area contributed by atoms with Crippen molar-refractivity contribution in [3.63, 3.8) is 0 Å². The minimum absolute atomic E-state index is 0.149. The topological polar surface area (TPSA) is 65.5 Å². The molecule has 5 nitrogen and oxygen atoms in total. The normalized spacial score (nSPS) is 16.6. The molecule has 104 valence electrons. The highest BCUT2D eigenvalue weighted by Crippen LogP contribution is 2.16. The van der Waals surface area contributed by atoms with E-state index in [9.17, 15) is 9.90 Å². The Morgan fingerprint density at radius 1 is 1.47 bits per heavy atom. The Bertz CT molecular complexity index is 454. The van der Waals surface area contributed by atoms with Crippen LogP contribution in [0.3, 0.4) is 0 Å². The molecule has 0 saturated carbocycles. The van der Waals surface area contributed by atoms with E-state index in [-0.39, 0.29) is 11.7 Å². The third-order valence-corrected chi connectivity index (χ3v) is 3.59. The molecule has 1 fully saturated rings. The van der Waals surface area contributed by atoms with Crippen LogP contribution < -0.4 is 5.32 Å². The minimum atomic E-state index is 0.149. The van der Waals surface area contributed by atoms with Gasteiger partial charge in [-0.3, -0.25) is 9.78 Å². The monoisotopic (exact) mass is 263 g/mol. The van der Waals surface area contributed by atoms with Crippen LogP contribution in [0.1, 0.15) is 31.2 Å². The number of aromatic hydroxyl groups is 1. The number of carbonyl (C=O) groups excluding carboxylic acids is 1. The van der Waals surface area contributed by atoms with Crippen molar-refractivity contribution in [2.45, 2.75) is 39.3 Å². The average molecular weight is 263 g/mol. The van der Waals surface area contributed by atoms with Crippen LogP contribution in [-0.2, 0) is 11.3 Å². The number of piperidine rings is 1. The van der Waals surface area contributed by atoms with Gasteiger partial charge in [-0.15, -0.1) is 0 Å². The van der Waals surface area contributed by atoms with E-state index in [1.807, 2.05) is 11.8 Å². The van der Waals surface area contributed by atoms with Gasteiger partial charge in [0.05, 0.1) is 5.69 Å². The van der Waals surface area contributed by atoms with Crippen molar-refractivity contribution in [2.24, 2.45) is 0 Å². The lowest BCUT2D eigenvalue weighted by molar-refractivity contribution is -0.129. The Kier molecular flexibility index (Phi) is 4.37. The van der Waals surface area contributed by atoms with Gasteiger partial charge in [-0.05, 0) is 31.9 Å². The zero-order chi connectivity index (χ0) is 13.8. The molecular weight excluding hydrogens is 242 g/mol. The second-order valence-corrected chi connectivity index (χ2v) is 5.08. The van der Waals surface area contributed by atoms with Crippen LogP contribution in [0.2, 0.25) is 0 Å². The van der Waals surface area contributed by atoms with Crippen LogP contribution >= 0.6 is 0 Å². The summed E-state index contributed by atoms with van der Waals surface area (Å²) in [6, 6.07) is 3.86. The van der Waals surface area contributed by atoms with Gasteiger partial charge in [-0.2, -0.15) is 0 Å². The highest BCUT2D eigenvalue weighted by atomic mass is 16.3. The zero-order valence-electron chi connectivity index (χ0n) is 11.5. The van der Waals surface area contributed by atoms with E-state index >= 15 is 0 Å². The molecule has 0 unspecified atom stereocenters. The maximum Gasteiger partial charge on any atom is 0.219 e. The number of carbonyl (C=O) groups is 1. The van der Waals surface area contributed by atoms with E-state index in [4.69, 9.17) is 0 Å². The molecular formula is C14H21N3O2. The van der Waals surface area contributed by atoms with Crippen molar-refractivity contribution in [3.8, 4) is 5.75 Å². The quantitative estimate of drug-likeness (QED) is 0.860. The summed E-state index contributed by atoms with van der Waals surface area (Å²) in [5.41, 5.74) is 1.59. The lowest BCUT2D eigenvalue weighted by Crippen LogP contribution is -2.44. The molecule has 19 heavy (non-hydrogen) atoms. The van der Waals surface area contributed by atoms with Crippen LogP contribution in [0.15, 0.2) is 12.1 Å². The molecule has 0 atom stereocenters. The minimum Gasteiger partial charge on any atom is -0.506 e. The maximum absolute atomic E-state index is 11.2. The Hall–Kier alpha value is -1.62. The third-order valence-electron chi connectivity index (χ3n) is 3.59. The summed E-state index contributed by atoms with van der Waals surface area (Å²) in [4.78, 5) is 17.4. The summed E-state index contributed by atoms with van der Waals surface area (Å²) in [6.45, 7) is 5.70. The van der Waals surface area contributed by atoms with Gasteiger partial charge in [-0.25, -0.2) is 0 Å². The van der Waals surface area contributed by atoms with E-state index in [2.05, 4.69) is 10.3 Å². The van der Waals surface area contributed by atoms with Crippen LogP contribution in [0.5, 0.6) is 5.75 Å². The molecule has 0 aromatic carbocycles. The van der Waals surface area contributed by atoms with Crippen molar-refractivity contribution in [2.75, 3.05) is 13.1 Å². The number of pyridine rings is 1. The van der Waals surface area contributed by atoms with Gasteiger partial charge in [0.1, 0.15) is 5.75 Å². The zero-order valence-corrected chi connectivity index (χ0v) is 11.5. The summed E-state index contributed by atoms with van der Waals surface area (Å²) < 4.78 is 0. The molecule has 1 amide bonds. The summed E-state index contributed by atoms with van der Waals surface area (Å²) >= 11 is 0. The molecule has 5 heteroatoms. The summed E-state index contributed by atoms with van der Waals surface area (Å²) in [6.07, 6.45) is 1.90.